The van der Waals surface area contributed by atoms with Crippen molar-refractivity contribution in [2.24, 2.45) is 0 Å². The van der Waals surface area contributed by atoms with Gasteiger partial charge in [0.25, 0.3) is 0 Å². The van der Waals surface area contributed by atoms with Crippen molar-refractivity contribution in [3.05, 3.63) is 30.6 Å². The minimum absolute atomic E-state index is 0.570. The third-order valence-electron chi connectivity index (χ3n) is 4.12. The molecule has 3 nitrogen and oxygen atoms in total. The summed E-state index contributed by atoms with van der Waals surface area (Å²) < 4.78 is 1.29. The molecule has 0 aliphatic heterocycles. The molecular weight excluding hydrogens is 266 g/mol. The van der Waals surface area contributed by atoms with E-state index < -0.39 is 0 Å². The molecule has 3 aromatic rings. The predicted octanol–water partition coefficient (Wildman–Crippen LogP) is 4.59. The van der Waals surface area contributed by atoms with Crippen LogP contribution in [0.1, 0.15) is 32.1 Å². The van der Waals surface area contributed by atoms with E-state index in [-0.39, 0.29) is 0 Å². The van der Waals surface area contributed by atoms with Gasteiger partial charge in [-0.25, -0.2) is 9.97 Å². The first-order valence-corrected chi connectivity index (χ1v) is 8.12. The van der Waals surface area contributed by atoms with Crippen LogP contribution < -0.4 is 5.32 Å². The third kappa shape index (κ3) is 2.04. The summed E-state index contributed by atoms with van der Waals surface area (Å²) in [5, 5.41) is 6.12. The van der Waals surface area contributed by atoms with Gasteiger partial charge < -0.3 is 5.32 Å². The summed E-state index contributed by atoms with van der Waals surface area (Å²) in [5.41, 5.74) is 0. The van der Waals surface area contributed by atoms with Gasteiger partial charge in [0.1, 0.15) is 17.0 Å². The monoisotopic (exact) mass is 283 g/mol. The highest BCUT2D eigenvalue weighted by molar-refractivity contribution is 7.25. The number of benzene rings is 1. The molecule has 0 saturated heterocycles. The molecule has 1 N–H and O–H groups in total. The Kier molecular flexibility index (Phi) is 3.03. The van der Waals surface area contributed by atoms with Crippen LogP contribution in [0, 0.1) is 0 Å². The molecule has 1 saturated carbocycles. The van der Waals surface area contributed by atoms with Crippen LogP contribution in [0.2, 0.25) is 0 Å². The fraction of sp³-hybridized carbons (Fsp3) is 0.375. The van der Waals surface area contributed by atoms with Gasteiger partial charge in [0.05, 0.1) is 5.39 Å². The van der Waals surface area contributed by atoms with Crippen LogP contribution in [0.5, 0.6) is 0 Å². The first-order chi connectivity index (χ1) is 9.92. The Hall–Kier alpha value is -1.68. The Balaban J connectivity index is 1.81. The second-order valence-corrected chi connectivity index (χ2v) is 6.51. The standard InChI is InChI=1S/C16H17N3S/c1-2-6-11(7-3-1)19-15-14-12-8-4-5-9-13(12)20-16(14)18-10-17-15/h4-5,8-11H,1-3,6-7H2,(H,17,18,19). The Morgan fingerprint density at radius 2 is 1.90 bits per heavy atom. The lowest BCUT2D eigenvalue weighted by atomic mass is 9.95. The van der Waals surface area contributed by atoms with Crippen LogP contribution >= 0.6 is 11.3 Å². The second-order valence-electron chi connectivity index (χ2n) is 5.48. The average molecular weight is 283 g/mol. The van der Waals surface area contributed by atoms with Gasteiger partial charge in [0, 0.05) is 16.1 Å². The van der Waals surface area contributed by atoms with E-state index in [4.69, 9.17) is 0 Å². The van der Waals surface area contributed by atoms with E-state index in [1.807, 2.05) is 0 Å². The lowest BCUT2D eigenvalue weighted by Crippen LogP contribution is -2.22. The molecule has 0 unspecified atom stereocenters. The summed E-state index contributed by atoms with van der Waals surface area (Å²) >= 11 is 1.75. The molecule has 2 aromatic heterocycles. The second kappa shape index (κ2) is 5.02. The van der Waals surface area contributed by atoms with Crippen molar-refractivity contribution in [1.29, 1.82) is 0 Å². The molecule has 1 fully saturated rings. The Morgan fingerprint density at radius 1 is 1.05 bits per heavy atom. The molecule has 0 spiro atoms. The van der Waals surface area contributed by atoms with Crippen LogP contribution in [-0.2, 0) is 0 Å². The third-order valence-corrected chi connectivity index (χ3v) is 5.20. The minimum atomic E-state index is 0.570. The maximum absolute atomic E-state index is 4.51. The molecule has 2 heterocycles. The first-order valence-electron chi connectivity index (χ1n) is 7.30. The van der Waals surface area contributed by atoms with Crippen molar-refractivity contribution >= 4 is 37.5 Å². The molecule has 0 atom stereocenters. The lowest BCUT2D eigenvalue weighted by Gasteiger charge is -2.23. The van der Waals surface area contributed by atoms with Crippen LogP contribution in [-0.4, -0.2) is 16.0 Å². The minimum Gasteiger partial charge on any atom is -0.367 e. The van der Waals surface area contributed by atoms with Crippen molar-refractivity contribution < 1.29 is 0 Å². The molecule has 0 radical (unpaired) electrons. The quantitative estimate of drug-likeness (QED) is 0.747. The zero-order valence-electron chi connectivity index (χ0n) is 11.3. The number of nitrogens with one attached hydrogen (secondary N) is 1. The summed E-state index contributed by atoms with van der Waals surface area (Å²) in [4.78, 5) is 10.0. The highest BCUT2D eigenvalue weighted by atomic mass is 32.1. The molecule has 1 aliphatic rings. The van der Waals surface area contributed by atoms with E-state index in [9.17, 15) is 0 Å². The van der Waals surface area contributed by atoms with Crippen molar-refractivity contribution in [1.82, 2.24) is 9.97 Å². The Labute approximate surface area is 122 Å². The number of hydrogen-bond donors (Lipinski definition) is 1. The summed E-state index contributed by atoms with van der Waals surface area (Å²) in [6.07, 6.45) is 8.23. The van der Waals surface area contributed by atoms with E-state index in [1.165, 1.54) is 47.6 Å². The van der Waals surface area contributed by atoms with Gasteiger partial charge in [-0.3, -0.25) is 0 Å². The van der Waals surface area contributed by atoms with E-state index in [1.54, 1.807) is 17.7 Å². The lowest BCUT2D eigenvalue weighted by molar-refractivity contribution is 0.462. The predicted molar refractivity (Wildman–Crippen MR) is 85.4 cm³/mol. The molecule has 1 aliphatic carbocycles. The molecule has 1 aromatic carbocycles. The van der Waals surface area contributed by atoms with Crippen LogP contribution in [0.15, 0.2) is 30.6 Å². The number of fused-ring (bicyclic) bond motifs is 3. The van der Waals surface area contributed by atoms with Gasteiger partial charge >= 0.3 is 0 Å². The molecular formula is C16H17N3S. The zero-order chi connectivity index (χ0) is 13.4. The van der Waals surface area contributed by atoms with Gasteiger partial charge in [-0.05, 0) is 18.9 Å². The number of anilines is 1. The van der Waals surface area contributed by atoms with Gasteiger partial charge in [-0.15, -0.1) is 11.3 Å². The van der Waals surface area contributed by atoms with E-state index in [0.717, 1.165) is 10.6 Å². The summed E-state index contributed by atoms with van der Waals surface area (Å²) in [6, 6.07) is 9.07. The number of hydrogen-bond acceptors (Lipinski definition) is 4. The van der Waals surface area contributed by atoms with Crippen LogP contribution in [0.25, 0.3) is 20.3 Å². The first kappa shape index (κ1) is 12.1. The van der Waals surface area contributed by atoms with Crippen molar-refractivity contribution in [2.45, 2.75) is 38.1 Å². The Morgan fingerprint density at radius 3 is 2.80 bits per heavy atom. The largest absolute Gasteiger partial charge is 0.367 e. The molecule has 20 heavy (non-hydrogen) atoms. The number of aromatic nitrogens is 2. The fourth-order valence-corrected chi connectivity index (χ4v) is 4.15. The SMILES string of the molecule is c1ccc2c(c1)sc1ncnc(NC3CCCCC3)c12. The summed E-state index contributed by atoms with van der Waals surface area (Å²) in [6.45, 7) is 0. The van der Waals surface area contributed by atoms with Crippen molar-refractivity contribution in [3.8, 4) is 0 Å². The van der Waals surface area contributed by atoms with Crippen molar-refractivity contribution in [2.75, 3.05) is 5.32 Å². The maximum atomic E-state index is 4.51. The fourth-order valence-electron chi connectivity index (χ4n) is 3.11. The maximum Gasteiger partial charge on any atom is 0.139 e. The smallest absolute Gasteiger partial charge is 0.139 e. The normalized spacial score (nSPS) is 16.8. The molecule has 0 bridgehead atoms. The molecule has 4 heteroatoms. The highest BCUT2D eigenvalue weighted by Crippen LogP contribution is 2.36. The number of thiophene rings is 1. The van der Waals surface area contributed by atoms with Crippen molar-refractivity contribution in [3.63, 3.8) is 0 Å². The molecule has 4 rings (SSSR count). The summed E-state index contributed by atoms with van der Waals surface area (Å²) in [7, 11) is 0. The molecule has 0 amide bonds. The number of rotatable bonds is 2. The Bertz CT molecular complexity index is 744. The van der Waals surface area contributed by atoms with E-state index >= 15 is 0 Å². The van der Waals surface area contributed by atoms with Gasteiger partial charge in [-0.1, -0.05) is 37.5 Å². The van der Waals surface area contributed by atoms with Crippen LogP contribution in [0.3, 0.4) is 0 Å². The van der Waals surface area contributed by atoms with E-state index in [0.29, 0.717) is 6.04 Å². The van der Waals surface area contributed by atoms with Gasteiger partial charge in [0.15, 0.2) is 0 Å². The average Bonchev–Trinajstić information content (AvgIpc) is 2.88. The van der Waals surface area contributed by atoms with Gasteiger partial charge in [0.2, 0.25) is 0 Å². The molecule has 102 valence electrons. The summed E-state index contributed by atoms with van der Waals surface area (Å²) in [5.74, 6) is 1.01. The highest BCUT2D eigenvalue weighted by Gasteiger charge is 2.17. The number of nitrogens with zero attached hydrogens (tertiary/aromatic N) is 2. The topological polar surface area (TPSA) is 37.8 Å². The van der Waals surface area contributed by atoms with E-state index in [2.05, 4.69) is 39.6 Å². The van der Waals surface area contributed by atoms with Gasteiger partial charge in [-0.2, -0.15) is 0 Å². The zero-order valence-corrected chi connectivity index (χ0v) is 12.1. The van der Waals surface area contributed by atoms with Crippen LogP contribution in [0.4, 0.5) is 5.82 Å².